The van der Waals surface area contributed by atoms with Gasteiger partial charge in [0.2, 0.25) is 11.8 Å². The SMILES string of the molecule is O=C(CCC(=O)N1CCC(N2CCNCC2)C1)N1CCN(c2ccccc2)CC1. The van der Waals surface area contributed by atoms with Gasteiger partial charge in [0.25, 0.3) is 0 Å². The Kier molecular flexibility index (Phi) is 6.67. The highest BCUT2D eigenvalue weighted by atomic mass is 16.2. The summed E-state index contributed by atoms with van der Waals surface area (Å²) in [5.74, 6) is 0.253. The first-order valence-electron chi connectivity index (χ1n) is 11.0. The van der Waals surface area contributed by atoms with E-state index in [-0.39, 0.29) is 11.8 Å². The predicted octanol–water partition coefficient (Wildman–Crippen LogP) is 0.622. The van der Waals surface area contributed by atoms with Crippen LogP contribution in [0.2, 0.25) is 0 Å². The summed E-state index contributed by atoms with van der Waals surface area (Å²) in [6.07, 6.45) is 1.73. The minimum Gasteiger partial charge on any atom is -0.368 e. The first-order valence-corrected chi connectivity index (χ1v) is 11.0. The lowest BCUT2D eigenvalue weighted by atomic mass is 10.2. The summed E-state index contributed by atoms with van der Waals surface area (Å²) < 4.78 is 0. The molecule has 0 radical (unpaired) electrons. The molecule has 1 unspecified atom stereocenters. The standard InChI is InChI=1S/C22H33N5O2/c28-21(26-16-14-25(15-17-26)19-4-2-1-3-5-19)6-7-22(29)27-11-8-20(18-27)24-12-9-23-10-13-24/h1-5,20,23H,6-18H2. The average molecular weight is 400 g/mol. The van der Waals surface area contributed by atoms with Crippen LogP contribution in [0.25, 0.3) is 0 Å². The highest BCUT2D eigenvalue weighted by Gasteiger charge is 2.31. The molecule has 29 heavy (non-hydrogen) atoms. The van der Waals surface area contributed by atoms with Crippen LogP contribution < -0.4 is 10.2 Å². The maximum Gasteiger partial charge on any atom is 0.223 e. The first kappa shape index (κ1) is 20.2. The van der Waals surface area contributed by atoms with Crippen LogP contribution in [0.1, 0.15) is 19.3 Å². The van der Waals surface area contributed by atoms with Crippen molar-refractivity contribution < 1.29 is 9.59 Å². The quantitative estimate of drug-likeness (QED) is 0.787. The smallest absolute Gasteiger partial charge is 0.223 e. The molecular formula is C22H33N5O2. The molecule has 3 aliphatic rings. The summed E-state index contributed by atoms with van der Waals surface area (Å²) in [5, 5.41) is 3.38. The highest BCUT2D eigenvalue weighted by molar-refractivity contribution is 5.84. The summed E-state index contributed by atoms with van der Waals surface area (Å²) >= 11 is 0. The van der Waals surface area contributed by atoms with E-state index in [4.69, 9.17) is 0 Å². The summed E-state index contributed by atoms with van der Waals surface area (Å²) in [7, 11) is 0. The zero-order valence-corrected chi connectivity index (χ0v) is 17.3. The van der Waals surface area contributed by atoms with Crippen LogP contribution in [0.4, 0.5) is 5.69 Å². The third-order valence-corrected chi connectivity index (χ3v) is 6.49. The van der Waals surface area contributed by atoms with Gasteiger partial charge in [-0.15, -0.1) is 0 Å². The number of anilines is 1. The molecule has 7 heteroatoms. The van der Waals surface area contributed by atoms with E-state index in [0.29, 0.717) is 18.9 Å². The molecule has 0 aliphatic carbocycles. The third-order valence-electron chi connectivity index (χ3n) is 6.49. The molecule has 7 nitrogen and oxygen atoms in total. The number of nitrogens with one attached hydrogen (secondary N) is 1. The molecule has 4 rings (SSSR count). The third kappa shape index (κ3) is 5.08. The van der Waals surface area contributed by atoms with Crippen LogP contribution in [0.15, 0.2) is 30.3 Å². The lowest BCUT2D eigenvalue weighted by Crippen LogP contribution is -2.49. The topological polar surface area (TPSA) is 59.1 Å². The lowest BCUT2D eigenvalue weighted by Gasteiger charge is -2.36. The number of benzene rings is 1. The van der Waals surface area contributed by atoms with Gasteiger partial charge in [0.1, 0.15) is 0 Å². The molecule has 2 amide bonds. The minimum absolute atomic E-state index is 0.115. The van der Waals surface area contributed by atoms with Gasteiger partial charge in [-0.3, -0.25) is 14.5 Å². The molecule has 158 valence electrons. The van der Waals surface area contributed by atoms with Crippen molar-refractivity contribution in [2.45, 2.75) is 25.3 Å². The molecule has 0 aromatic heterocycles. The number of amides is 2. The average Bonchev–Trinajstić information content (AvgIpc) is 3.29. The van der Waals surface area contributed by atoms with Crippen molar-refractivity contribution in [3.05, 3.63) is 30.3 Å². The number of likely N-dealkylation sites (tertiary alicyclic amines) is 1. The number of rotatable bonds is 5. The van der Waals surface area contributed by atoms with Gasteiger partial charge in [-0.05, 0) is 18.6 Å². The van der Waals surface area contributed by atoms with Crippen LogP contribution in [0.5, 0.6) is 0 Å². The summed E-state index contributed by atoms with van der Waals surface area (Å²) in [5.41, 5.74) is 1.21. The van der Waals surface area contributed by atoms with Crippen molar-refractivity contribution in [3.63, 3.8) is 0 Å². The van der Waals surface area contributed by atoms with Crippen LogP contribution >= 0.6 is 0 Å². The Labute approximate surface area is 173 Å². The van der Waals surface area contributed by atoms with E-state index in [1.165, 1.54) is 5.69 Å². The van der Waals surface area contributed by atoms with E-state index in [2.05, 4.69) is 27.2 Å². The highest BCUT2D eigenvalue weighted by Crippen LogP contribution is 2.19. The van der Waals surface area contributed by atoms with E-state index in [1.807, 2.05) is 28.0 Å². The van der Waals surface area contributed by atoms with Crippen molar-refractivity contribution >= 4 is 17.5 Å². The van der Waals surface area contributed by atoms with Crippen LogP contribution in [0.3, 0.4) is 0 Å². The fourth-order valence-electron chi connectivity index (χ4n) is 4.70. The Morgan fingerprint density at radius 1 is 0.828 bits per heavy atom. The predicted molar refractivity (Wildman–Crippen MR) is 114 cm³/mol. The largest absolute Gasteiger partial charge is 0.368 e. The number of para-hydroxylation sites is 1. The molecule has 3 saturated heterocycles. The maximum absolute atomic E-state index is 12.6. The van der Waals surface area contributed by atoms with Gasteiger partial charge >= 0.3 is 0 Å². The normalized spacial score (nSPS) is 23.4. The number of carbonyl (C=O) groups excluding carboxylic acids is 2. The van der Waals surface area contributed by atoms with Crippen LogP contribution in [-0.2, 0) is 9.59 Å². The first-order chi connectivity index (χ1) is 14.2. The minimum atomic E-state index is 0.115. The molecule has 1 N–H and O–H groups in total. The van der Waals surface area contributed by atoms with Crippen LogP contribution in [-0.4, -0.2) is 98.0 Å². The van der Waals surface area contributed by atoms with Gasteiger partial charge < -0.3 is 20.0 Å². The Morgan fingerprint density at radius 3 is 2.17 bits per heavy atom. The van der Waals surface area contributed by atoms with Crippen molar-refractivity contribution in [2.75, 3.05) is 70.3 Å². The zero-order chi connectivity index (χ0) is 20.1. The fraction of sp³-hybridized carbons (Fsp3) is 0.636. The van der Waals surface area contributed by atoms with Crippen molar-refractivity contribution in [1.29, 1.82) is 0 Å². The Balaban J connectivity index is 1.17. The summed E-state index contributed by atoms with van der Waals surface area (Å²) in [6, 6.07) is 10.8. The molecule has 0 saturated carbocycles. The molecular weight excluding hydrogens is 366 g/mol. The number of piperazine rings is 2. The molecule has 1 aromatic rings. The second-order valence-corrected chi connectivity index (χ2v) is 8.27. The Morgan fingerprint density at radius 2 is 1.48 bits per heavy atom. The van der Waals surface area contributed by atoms with Crippen LogP contribution in [0, 0.1) is 0 Å². The van der Waals surface area contributed by atoms with Gasteiger partial charge in [0, 0.05) is 90.0 Å². The number of hydrogen-bond acceptors (Lipinski definition) is 5. The molecule has 0 bridgehead atoms. The lowest BCUT2D eigenvalue weighted by molar-refractivity contribution is -0.136. The maximum atomic E-state index is 12.6. The van der Waals surface area contributed by atoms with Gasteiger partial charge in [-0.2, -0.15) is 0 Å². The second kappa shape index (κ2) is 9.59. The van der Waals surface area contributed by atoms with E-state index in [1.54, 1.807) is 0 Å². The number of carbonyl (C=O) groups is 2. The van der Waals surface area contributed by atoms with Crippen molar-refractivity contribution in [2.24, 2.45) is 0 Å². The van der Waals surface area contributed by atoms with Gasteiger partial charge in [0.05, 0.1) is 0 Å². The van der Waals surface area contributed by atoms with Gasteiger partial charge in [0.15, 0.2) is 0 Å². The Bertz CT molecular complexity index is 684. The second-order valence-electron chi connectivity index (χ2n) is 8.27. The van der Waals surface area contributed by atoms with E-state index < -0.39 is 0 Å². The van der Waals surface area contributed by atoms with Crippen molar-refractivity contribution in [1.82, 2.24) is 20.0 Å². The van der Waals surface area contributed by atoms with E-state index >= 15 is 0 Å². The van der Waals surface area contributed by atoms with Crippen molar-refractivity contribution in [3.8, 4) is 0 Å². The molecule has 0 spiro atoms. The summed E-state index contributed by atoms with van der Waals surface area (Å²) in [6.45, 7) is 9.03. The summed E-state index contributed by atoms with van der Waals surface area (Å²) in [4.78, 5) is 33.9. The molecule has 3 fully saturated rings. The molecule has 3 aliphatic heterocycles. The number of nitrogens with zero attached hydrogens (tertiary/aromatic N) is 4. The number of hydrogen-bond donors (Lipinski definition) is 1. The Hall–Kier alpha value is -2.12. The fourth-order valence-corrected chi connectivity index (χ4v) is 4.70. The molecule has 1 aromatic carbocycles. The molecule has 3 heterocycles. The monoisotopic (exact) mass is 399 g/mol. The van der Waals surface area contributed by atoms with E-state index in [0.717, 1.165) is 71.9 Å². The van der Waals surface area contributed by atoms with Gasteiger partial charge in [-0.25, -0.2) is 0 Å². The zero-order valence-electron chi connectivity index (χ0n) is 17.3. The molecule has 1 atom stereocenters. The van der Waals surface area contributed by atoms with Gasteiger partial charge in [-0.1, -0.05) is 18.2 Å². The van der Waals surface area contributed by atoms with E-state index in [9.17, 15) is 9.59 Å².